The summed E-state index contributed by atoms with van der Waals surface area (Å²) in [7, 11) is 1.67. The van der Waals surface area contributed by atoms with Crippen LogP contribution in [0.4, 0.5) is 0 Å². The molecule has 16 heavy (non-hydrogen) atoms. The normalized spacial score (nSPS) is 25.2. The van der Waals surface area contributed by atoms with Crippen LogP contribution in [-0.2, 0) is 6.42 Å². The van der Waals surface area contributed by atoms with Gasteiger partial charge in [-0.15, -0.1) is 0 Å². The number of hydrogen-bond acceptors (Lipinski definition) is 2. The van der Waals surface area contributed by atoms with Gasteiger partial charge in [0.25, 0.3) is 0 Å². The molecule has 0 bridgehead atoms. The molecule has 0 radical (unpaired) electrons. The molecule has 0 aliphatic carbocycles. The summed E-state index contributed by atoms with van der Waals surface area (Å²) in [6, 6.07) is 5.31. The van der Waals surface area contributed by atoms with E-state index >= 15 is 0 Å². The van der Waals surface area contributed by atoms with Gasteiger partial charge in [0, 0.05) is 28.7 Å². The van der Waals surface area contributed by atoms with Crippen molar-refractivity contribution >= 4 is 10.9 Å². The molecule has 2 N–H and O–H groups in total. The molecular weight excluding hydrogens is 200 g/mol. The Bertz CT molecular complexity index is 574. The highest BCUT2D eigenvalue weighted by molar-refractivity contribution is 5.86. The molecule has 3 rings (SSSR count). The van der Waals surface area contributed by atoms with Crippen LogP contribution in [0, 0.1) is 0 Å². The van der Waals surface area contributed by atoms with Crippen LogP contribution in [-0.4, -0.2) is 18.6 Å². The molecule has 84 valence electrons. The molecule has 0 spiro atoms. The summed E-state index contributed by atoms with van der Waals surface area (Å²) >= 11 is 0. The number of aromatic nitrogens is 1. The Kier molecular flexibility index (Phi) is 1.90. The molecule has 0 fully saturated rings. The molecule has 0 amide bonds. The maximum absolute atomic E-state index is 8.27. The third-order valence-corrected chi connectivity index (χ3v) is 3.25. The summed E-state index contributed by atoms with van der Waals surface area (Å²) in [4.78, 5) is 3.35. The molecule has 0 saturated heterocycles. The lowest BCUT2D eigenvalue weighted by Gasteiger charge is -2.20. The number of nitrogens with one attached hydrogen (secondary N) is 2. The maximum Gasteiger partial charge on any atom is 0.120 e. The predicted octanol–water partition coefficient (Wildman–Crippen LogP) is 2.38. The first-order chi connectivity index (χ1) is 8.12. The van der Waals surface area contributed by atoms with E-state index in [2.05, 4.69) is 16.4 Å². The van der Waals surface area contributed by atoms with Gasteiger partial charge in [0.2, 0.25) is 0 Å². The van der Waals surface area contributed by atoms with Gasteiger partial charge in [-0.3, -0.25) is 0 Å². The van der Waals surface area contributed by atoms with Crippen LogP contribution in [0.25, 0.3) is 10.9 Å². The van der Waals surface area contributed by atoms with E-state index in [1.165, 1.54) is 10.9 Å². The predicted molar refractivity (Wildman–Crippen MR) is 65.0 cm³/mol. The van der Waals surface area contributed by atoms with Gasteiger partial charge >= 0.3 is 0 Å². The Morgan fingerprint density at radius 2 is 2.38 bits per heavy atom. The number of methoxy groups -OCH3 is 1. The van der Waals surface area contributed by atoms with Crippen molar-refractivity contribution in [2.45, 2.75) is 19.4 Å². The molecule has 1 aromatic carbocycles. The lowest BCUT2D eigenvalue weighted by Crippen LogP contribution is -2.27. The summed E-state index contributed by atoms with van der Waals surface area (Å²) in [5.74, 6) is 0.843. The summed E-state index contributed by atoms with van der Waals surface area (Å²) in [5, 5.41) is 4.42. The smallest absolute Gasteiger partial charge is 0.120 e. The quantitative estimate of drug-likeness (QED) is 0.769. The number of H-pyrrole nitrogens is 1. The second-order valence-corrected chi connectivity index (χ2v) is 4.19. The van der Waals surface area contributed by atoms with Crippen LogP contribution >= 0.6 is 0 Å². The van der Waals surface area contributed by atoms with Crippen molar-refractivity contribution in [3.05, 3.63) is 29.5 Å². The van der Waals surface area contributed by atoms with Gasteiger partial charge in [-0.25, -0.2) is 0 Å². The van der Waals surface area contributed by atoms with Crippen LogP contribution in [0.5, 0.6) is 5.75 Å². The molecule has 1 atom stereocenters. The topological polar surface area (TPSA) is 37.0 Å². The van der Waals surface area contributed by atoms with Gasteiger partial charge in [0.1, 0.15) is 5.75 Å². The zero-order valence-corrected chi connectivity index (χ0v) is 9.55. The Morgan fingerprint density at radius 3 is 3.19 bits per heavy atom. The highest BCUT2D eigenvalue weighted by Gasteiger charge is 2.20. The number of benzene rings is 1. The van der Waals surface area contributed by atoms with E-state index in [4.69, 9.17) is 6.11 Å². The minimum absolute atomic E-state index is 0.722. The maximum atomic E-state index is 8.27. The molecule has 1 aliphatic heterocycles. The van der Waals surface area contributed by atoms with Gasteiger partial charge in [-0.2, -0.15) is 0 Å². The molecule has 3 heteroatoms. The Hall–Kier alpha value is -1.48. The van der Waals surface area contributed by atoms with E-state index < -0.39 is 6.02 Å². The number of ether oxygens (including phenoxy) is 1. The van der Waals surface area contributed by atoms with Crippen LogP contribution in [0.1, 0.15) is 25.6 Å². The average Bonchev–Trinajstić information content (AvgIpc) is 2.68. The van der Waals surface area contributed by atoms with Gasteiger partial charge in [0.15, 0.2) is 0 Å². The van der Waals surface area contributed by atoms with E-state index in [0.717, 1.165) is 29.9 Å². The van der Waals surface area contributed by atoms with E-state index in [1.807, 2.05) is 19.1 Å². The molecule has 1 unspecified atom stereocenters. The molecule has 0 saturated carbocycles. The van der Waals surface area contributed by atoms with Crippen molar-refractivity contribution in [3.8, 4) is 5.75 Å². The molecule has 2 heterocycles. The number of rotatable bonds is 1. The second-order valence-electron chi connectivity index (χ2n) is 4.19. The van der Waals surface area contributed by atoms with Gasteiger partial charge in [0.05, 0.1) is 8.48 Å². The van der Waals surface area contributed by atoms with Crippen molar-refractivity contribution in [2.24, 2.45) is 0 Å². The minimum atomic E-state index is -0.722. The van der Waals surface area contributed by atoms with Crippen molar-refractivity contribution < 1.29 is 6.11 Å². The van der Waals surface area contributed by atoms with Gasteiger partial charge < -0.3 is 15.0 Å². The summed E-state index contributed by atoms with van der Waals surface area (Å²) in [5.41, 5.74) is 3.29. The largest absolute Gasteiger partial charge is 0.497 e. The SMILES string of the molecule is [2H]C1(C)NCCc2c1[nH]c1cc(OC)ccc21. The Morgan fingerprint density at radius 1 is 1.50 bits per heavy atom. The zero-order chi connectivity index (χ0) is 12.0. The van der Waals surface area contributed by atoms with E-state index in [1.54, 1.807) is 7.11 Å². The molecular formula is C13H16N2O. The highest BCUT2D eigenvalue weighted by Crippen LogP contribution is 2.31. The molecule has 1 aromatic heterocycles. The van der Waals surface area contributed by atoms with Gasteiger partial charge in [-0.1, -0.05) is 0 Å². The summed E-state index contributed by atoms with van der Waals surface area (Å²) < 4.78 is 13.5. The van der Waals surface area contributed by atoms with Crippen molar-refractivity contribution in [2.75, 3.05) is 13.7 Å². The summed E-state index contributed by atoms with van der Waals surface area (Å²) in [6.07, 6.45) is 0.968. The first-order valence-electron chi connectivity index (χ1n) is 6.06. The van der Waals surface area contributed by atoms with Crippen LogP contribution in [0.3, 0.4) is 0 Å². The fourth-order valence-corrected chi connectivity index (χ4v) is 2.40. The van der Waals surface area contributed by atoms with Crippen molar-refractivity contribution in [1.29, 1.82) is 0 Å². The van der Waals surface area contributed by atoms with Gasteiger partial charge in [-0.05, 0) is 37.6 Å². The first kappa shape index (κ1) is 8.65. The zero-order valence-electron chi connectivity index (χ0n) is 10.6. The van der Waals surface area contributed by atoms with Crippen LogP contribution in [0.15, 0.2) is 18.2 Å². The second kappa shape index (κ2) is 3.52. The molecule has 2 aromatic rings. The third-order valence-electron chi connectivity index (χ3n) is 3.25. The van der Waals surface area contributed by atoms with E-state index in [-0.39, 0.29) is 0 Å². The fourth-order valence-electron chi connectivity index (χ4n) is 2.40. The molecule has 1 aliphatic rings. The lowest BCUT2D eigenvalue weighted by molar-refractivity contribution is 0.415. The van der Waals surface area contributed by atoms with Crippen molar-refractivity contribution in [3.63, 3.8) is 0 Å². The minimum Gasteiger partial charge on any atom is -0.497 e. The number of aromatic amines is 1. The average molecular weight is 217 g/mol. The number of hydrogen-bond donors (Lipinski definition) is 2. The van der Waals surface area contributed by atoms with Crippen LogP contribution < -0.4 is 10.1 Å². The van der Waals surface area contributed by atoms with Crippen molar-refractivity contribution in [1.82, 2.24) is 10.3 Å². The third kappa shape index (κ3) is 1.32. The standard InChI is InChI=1S/C13H16N2O/c1-8-13-11(5-6-14-8)10-4-3-9(16-2)7-12(10)15-13/h3-4,7-8,14-15H,5-6H2,1-2H3/i8D. The Balaban J connectivity index is 2.26. The monoisotopic (exact) mass is 217 g/mol. The molecule has 3 nitrogen and oxygen atoms in total. The highest BCUT2D eigenvalue weighted by atomic mass is 16.5. The fraction of sp³-hybridized carbons (Fsp3) is 0.385. The Labute approximate surface area is 96.2 Å². The number of fused-ring (bicyclic) bond motifs is 3. The lowest BCUT2D eigenvalue weighted by atomic mass is 10.0. The van der Waals surface area contributed by atoms with E-state index in [0.29, 0.717) is 0 Å². The van der Waals surface area contributed by atoms with E-state index in [9.17, 15) is 0 Å². The summed E-state index contributed by atoms with van der Waals surface area (Å²) in [6.45, 7) is 2.74. The first-order valence-corrected chi connectivity index (χ1v) is 5.56. The van der Waals surface area contributed by atoms with Crippen LogP contribution in [0.2, 0.25) is 0 Å².